The number of aromatic nitrogens is 1. The summed E-state index contributed by atoms with van der Waals surface area (Å²) in [7, 11) is 0. The van der Waals surface area contributed by atoms with E-state index in [4.69, 9.17) is 0 Å². The SMILES string of the molecule is O=C(N1CCCCC1)n1cc2ccc(Br)cc2c1. The molecule has 4 heteroatoms. The summed E-state index contributed by atoms with van der Waals surface area (Å²) in [6, 6.07) is 6.16. The van der Waals surface area contributed by atoms with Gasteiger partial charge in [-0.1, -0.05) is 22.0 Å². The Labute approximate surface area is 115 Å². The van der Waals surface area contributed by atoms with Gasteiger partial charge in [0.05, 0.1) is 0 Å². The Kier molecular flexibility index (Phi) is 3.12. The molecule has 94 valence electrons. The van der Waals surface area contributed by atoms with E-state index in [1.165, 1.54) is 6.42 Å². The van der Waals surface area contributed by atoms with Gasteiger partial charge in [0.1, 0.15) is 0 Å². The lowest BCUT2D eigenvalue weighted by molar-refractivity contribution is 0.188. The van der Waals surface area contributed by atoms with Crippen LogP contribution in [0.25, 0.3) is 10.8 Å². The molecule has 0 unspecified atom stereocenters. The zero-order valence-corrected chi connectivity index (χ0v) is 11.7. The molecule has 2 heterocycles. The number of fused-ring (bicyclic) bond motifs is 1. The zero-order valence-electron chi connectivity index (χ0n) is 10.1. The van der Waals surface area contributed by atoms with Crippen LogP contribution in [0.4, 0.5) is 4.79 Å². The highest BCUT2D eigenvalue weighted by Gasteiger charge is 2.18. The molecule has 0 radical (unpaired) electrons. The molecule has 3 nitrogen and oxygen atoms in total. The molecule has 0 aliphatic carbocycles. The van der Waals surface area contributed by atoms with Crippen LogP contribution in [0.2, 0.25) is 0 Å². The van der Waals surface area contributed by atoms with E-state index >= 15 is 0 Å². The molecule has 1 fully saturated rings. The summed E-state index contributed by atoms with van der Waals surface area (Å²) in [6.07, 6.45) is 7.32. The van der Waals surface area contributed by atoms with E-state index < -0.39 is 0 Å². The van der Waals surface area contributed by atoms with Crippen LogP contribution in [-0.4, -0.2) is 28.6 Å². The van der Waals surface area contributed by atoms with Gasteiger partial charge in [0.25, 0.3) is 0 Å². The van der Waals surface area contributed by atoms with Gasteiger partial charge >= 0.3 is 6.03 Å². The number of amides is 1. The van der Waals surface area contributed by atoms with E-state index in [2.05, 4.69) is 15.9 Å². The first-order valence-corrected chi connectivity index (χ1v) is 7.10. The van der Waals surface area contributed by atoms with E-state index in [1.807, 2.05) is 35.5 Å². The van der Waals surface area contributed by atoms with Crippen molar-refractivity contribution < 1.29 is 4.79 Å². The number of benzene rings is 1. The molecule has 1 aliphatic heterocycles. The first kappa shape index (κ1) is 11.8. The molecular formula is C14H15BrN2O. The number of nitrogens with zero attached hydrogens (tertiary/aromatic N) is 2. The number of hydrogen-bond donors (Lipinski definition) is 0. The van der Waals surface area contributed by atoms with Gasteiger partial charge < -0.3 is 4.90 Å². The molecule has 18 heavy (non-hydrogen) atoms. The van der Waals surface area contributed by atoms with Crippen molar-refractivity contribution >= 4 is 32.7 Å². The molecule has 0 N–H and O–H groups in total. The molecule has 1 amide bonds. The molecule has 0 bridgehead atoms. The number of rotatable bonds is 0. The summed E-state index contributed by atoms with van der Waals surface area (Å²) in [4.78, 5) is 14.3. The highest BCUT2D eigenvalue weighted by molar-refractivity contribution is 9.10. The maximum Gasteiger partial charge on any atom is 0.328 e. The number of hydrogen-bond acceptors (Lipinski definition) is 1. The standard InChI is InChI=1S/C14H15BrN2O/c15-13-5-4-11-9-17(10-12(11)8-13)14(18)16-6-2-1-3-7-16/h4-5,8-10H,1-3,6-7H2. The fraction of sp³-hybridized carbons (Fsp3) is 0.357. The lowest BCUT2D eigenvalue weighted by Gasteiger charge is -2.26. The van der Waals surface area contributed by atoms with Gasteiger partial charge in [-0.05, 0) is 36.8 Å². The summed E-state index contributed by atoms with van der Waals surface area (Å²) < 4.78 is 2.75. The van der Waals surface area contributed by atoms with Gasteiger partial charge in [-0.3, -0.25) is 4.57 Å². The number of carbonyl (C=O) groups excluding carboxylic acids is 1. The van der Waals surface area contributed by atoms with E-state index in [0.29, 0.717) is 0 Å². The quantitative estimate of drug-likeness (QED) is 0.725. The number of piperidine rings is 1. The van der Waals surface area contributed by atoms with Crippen LogP contribution in [0.5, 0.6) is 0 Å². The summed E-state index contributed by atoms with van der Waals surface area (Å²) >= 11 is 3.45. The van der Waals surface area contributed by atoms with Crippen LogP contribution in [0.3, 0.4) is 0 Å². The predicted octanol–water partition coefficient (Wildman–Crippen LogP) is 3.86. The maximum atomic E-state index is 12.3. The summed E-state index contributed by atoms with van der Waals surface area (Å²) in [6.45, 7) is 1.77. The Bertz CT molecular complexity index is 584. The van der Waals surface area contributed by atoms with Crippen LogP contribution in [-0.2, 0) is 0 Å². The predicted molar refractivity (Wildman–Crippen MR) is 75.9 cm³/mol. The molecule has 2 aromatic rings. The molecule has 0 spiro atoms. The van der Waals surface area contributed by atoms with E-state index in [9.17, 15) is 4.79 Å². The van der Waals surface area contributed by atoms with Crippen LogP contribution in [0, 0.1) is 0 Å². The summed E-state index contributed by atoms with van der Waals surface area (Å²) in [5.41, 5.74) is 0. The minimum atomic E-state index is 0.0991. The Morgan fingerprint density at radius 3 is 2.56 bits per heavy atom. The fourth-order valence-corrected chi connectivity index (χ4v) is 2.85. The third kappa shape index (κ3) is 2.17. The second-order valence-electron chi connectivity index (χ2n) is 4.77. The topological polar surface area (TPSA) is 25.2 Å². The molecule has 3 rings (SSSR count). The highest BCUT2D eigenvalue weighted by atomic mass is 79.9. The zero-order chi connectivity index (χ0) is 12.5. The van der Waals surface area contributed by atoms with Crippen molar-refractivity contribution in [3.05, 3.63) is 35.1 Å². The lowest BCUT2D eigenvalue weighted by Crippen LogP contribution is -2.37. The lowest BCUT2D eigenvalue weighted by atomic mass is 10.1. The second kappa shape index (κ2) is 4.76. The van der Waals surface area contributed by atoms with Gasteiger partial charge in [-0.15, -0.1) is 0 Å². The van der Waals surface area contributed by atoms with E-state index in [-0.39, 0.29) is 6.03 Å². The third-order valence-corrected chi connectivity index (χ3v) is 3.95. The largest absolute Gasteiger partial charge is 0.328 e. The minimum Gasteiger partial charge on any atom is -0.324 e. The Morgan fingerprint density at radius 2 is 1.78 bits per heavy atom. The van der Waals surface area contributed by atoms with Crippen molar-refractivity contribution in [2.75, 3.05) is 13.1 Å². The first-order valence-electron chi connectivity index (χ1n) is 6.30. The van der Waals surface area contributed by atoms with E-state index in [0.717, 1.165) is 41.2 Å². The average molecular weight is 307 g/mol. The van der Waals surface area contributed by atoms with Gasteiger partial charge in [0, 0.05) is 35.3 Å². The first-order chi connectivity index (χ1) is 8.74. The van der Waals surface area contributed by atoms with Crippen LogP contribution in [0.15, 0.2) is 35.1 Å². The van der Waals surface area contributed by atoms with Crippen molar-refractivity contribution in [3.63, 3.8) is 0 Å². The Hall–Kier alpha value is -1.29. The Morgan fingerprint density at radius 1 is 1.06 bits per heavy atom. The van der Waals surface area contributed by atoms with Crippen LogP contribution in [0.1, 0.15) is 19.3 Å². The summed E-state index contributed by atoms with van der Waals surface area (Å²) in [5, 5.41) is 2.19. The third-order valence-electron chi connectivity index (χ3n) is 3.45. The average Bonchev–Trinajstić information content (AvgIpc) is 2.81. The van der Waals surface area contributed by atoms with Gasteiger partial charge in [0.15, 0.2) is 0 Å². The van der Waals surface area contributed by atoms with Crippen molar-refractivity contribution in [1.29, 1.82) is 0 Å². The number of likely N-dealkylation sites (tertiary alicyclic amines) is 1. The van der Waals surface area contributed by atoms with Gasteiger partial charge in [-0.25, -0.2) is 4.79 Å². The van der Waals surface area contributed by atoms with E-state index in [1.54, 1.807) is 4.57 Å². The van der Waals surface area contributed by atoms with Crippen molar-refractivity contribution in [1.82, 2.24) is 9.47 Å². The monoisotopic (exact) mass is 306 g/mol. The Balaban J connectivity index is 1.91. The van der Waals surface area contributed by atoms with Crippen molar-refractivity contribution in [3.8, 4) is 0 Å². The number of carbonyl (C=O) groups is 1. The van der Waals surface area contributed by atoms with Gasteiger partial charge in [-0.2, -0.15) is 0 Å². The summed E-state index contributed by atoms with van der Waals surface area (Å²) in [5.74, 6) is 0. The normalized spacial score (nSPS) is 16.2. The molecule has 1 aromatic carbocycles. The van der Waals surface area contributed by atoms with Crippen molar-refractivity contribution in [2.24, 2.45) is 0 Å². The number of halogens is 1. The second-order valence-corrected chi connectivity index (χ2v) is 5.68. The molecular weight excluding hydrogens is 292 g/mol. The molecule has 1 saturated heterocycles. The van der Waals surface area contributed by atoms with Gasteiger partial charge in [0.2, 0.25) is 0 Å². The maximum absolute atomic E-state index is 12.3. The smallest absolute Gasteiger partial charge is 0.324 e. The minimum absolute atomic E-state index is 0.0991. The van der Waals surface area contributed by atoms with Crippen LogP contribution < -0.4 is 0 Å². The van der Waals surface area contributed by atoms with Crippen molar-refractivity contribution in [2.45, 2.75) is 19.3 Å². The highest BCUT2D eigenvalue weighted by Crippen LogP contribution is 2.21. The molecule has 0 atom stereocenters. The molecule has 1 aromatic heterocycles. The molecule has 1 aliphatic rings. The van der Waals surface area contributed by atoms with Crippen LogP contribution >= 0.6 is 15.9 Å². The fourth-order valence-electron chi connectivity index (χ4n) is 2.47. The molecule has 0 saturated carbocycles.